The van der Waals surface area contributed by atoms with Gasteiger partial charge in [0.25, 0.3) is 0 Å². The zero-order valence-corrected chi connectivity index (χ0v) is 22.6. The lowest BCUT2D eigenvalue weighted by molar-refractivity contribution is -0.146. The molecule has 208 valence electrons. The Labute approximate surface area is 226 Å². The number of nitrogens with zero attached hydrogens (tertiary/aromatic N) is 3. The maximum atomic E-state index is 13.8. The predicted octanol–water partition coefficient (Wildman–Crippen LogP) is 6.26. The average molecular weight is 542 g/mol. The van der Waals surface area contributed by atoms with Gasteiger partial charge in [0.15, 0.2) is 5.69 Å². The zero-order chi connectivity index (χ0) is 27.5. The zero-order valence-electron chi connectivity index (χ0n) is 22.6. The van der Waals surface area contributed by atoms with Gasteiger partial charge >= 0.3 is 12.1 Å². The van der Waals surface area contributed by atoms with Crippen molar-refractivity contribution in [2.45, 2.75) is 63.1 Å². The molecule has 2 unspecified atom stereocenters. The second kappa shape index (κ2) is 9.45. The van der Waals surface area contributed by atoms with E-state index in [1.165, 1.54) is 17.4 Å². The first kappa shape index (κ1) is 26.0. The molecule has 1 aliphatic carbocycles. The maximum Gasteiger partial charge on any atom is 0.435 e. The molecule has 0 radical (unpaired) electrons. The number of hydrogen-bond donors (Lipinski definition) is 0. The number of hydrogen-bond acceptors (Lipinski definition) is 5. The van der Waals surface area contributed by atoms with Gasteiger partial charge in [0, 0.05) is 38.7 Å². The number of halogens is 3. The van der Waals surface area contributed by atoms with Crippen molar-refractivity contribution in [2.75, 3.05) is 25.1 Å². The molecular weight excluding hydrogens is 507 g/mol. The number of ether oxygens (including phenoxy) is 2. The highest BCUT2D eigenvalue weighted by atomic mass is 19.4. The molecule has 1 spiro atoms. The number of anilines is 1. The molecule has 3 heterocycles. The first-order valence-corrected chi connectivity index (χ1v) is 13.8. The molecule has 39 heavy (non-hydrogen) atoms. The number of fused-ring (bicyclic) bond motifs is 2. The number of rotatable bonds is 5. The topological polar surface area (TPSA) is 56.6 Å². The van der Waals surface area contributed by atoms with Crippen molar-refractivity contribution in [1.29, 1.82) is 0 Å². The fourth-order valence-electron chi connectivity index (χ4n) is 6.75. The van der Waals surface area contributed by atoms with Crippen molar-refractivity contribution in [3.63, 3.8) is 0 Å². The number of carbonyl (C=O) groups excluding carboxylic acids is 1. The Morgan fingerprint density at radius 1 is 1.15 bits per heavy atom. The number of piperidine rings is 1. The molecule has 2 fully saturated rings. The van der Waals surface area contributed by atoms with Crippen molar-refractivity contribution in [1.82, 2.24) is 9.78 Å². The van der Waals surface area contributed by atoms with Crippen LogP contribution < -0.4 is 9.64 Å². The number of alkyl halides is 3. The molecule has 1 saturated heterocycles. The van der Waals surface area contributed by atoms with Gasteiger partial charge < -0.3 is 14.4 Å². The monoisotopic (exact) mass is 541 g/mol. The highest BCUT2D eigenvalue weighted by Gasteiger charge is 2.43. The Kier molecular flexibility index (Phi) is 6.31. The van der Waals surface area contributed by atoms with E-state index >= 15 is 0 Å². The van der Waals surface area contributed by atoms with Crippen LogP contribution in [0.5, 0.6) is 5.75 Å². The highest BCUT2D eigenvalue weighted by Crippen LogP contribution is 2.49. The number of carbonyl (C=O) groups is 1. The SMILES string of the molecule is COC(=O)C(C)C(c1ccc2c(c1)OC1(CC2)CCN(c2cccc3c2c(C(F)(F)F)nn3C)CC1)C1CC1. The summed E-state index contributed by atoms with van der Waals surface area (Å²) in [6, 6.07) is 11.6. The number of benzene rings is 2. The van der Waals surface area contributed by atoms with Crippen LogP contribution in [-0.2, 0) is 29.2 Å². The third-order valence-electron chi connectivity index (χ3n) is 9.03. The van der Waals surface area contributed by atoms with E-state index in [1.807, 2.05) is 11.8 Å². The van der Waals surface area contributed by atoms with Gasteiger partial charge in [0.1, 0.15) is 11.4 Å². The van der Waals surface area contributed by atoms with E-state index in [9.17, 15) is 18.0 Å². The van der Waals surface area contributed by atoms with Crippen molar-refractivity contribution in [3.8, 4) is 5.75 Å². The van der Waals surface area contributed by atoms with Crippen LogP contribution in [0.15, 0.2) is 36.4 Å². The van der Waals surface area contributed by atoms with Crippen LogP contribution in [0.25, 0.3) is 10.9 Å². The van der Waals surface area contributed by atoms with Crippen molar-refractivity contribution >= 4 is 22.6 Å². The molecule has 1 aromatic heterocycles. The third-order valence-corrected chi connectivity index (χ3v) is 9.03. The molecule has 6 nitrogen and oxygen atoms in total. The molecule has 3 aliphatic rings. The minimum atomic E-state index is -4.52. The van der Waals surface area contributed by atoms with Crippen molar-refractivity contribution < 1.29 is 27.4 Å². The Morgan fingerprint density at radius 2 is 1.90 bits per heavy atom. The highest BCUT2D eigenvalue weighted by molar-refractivity contribution is 5.95. The van der Waals surface area contributed by atoms with Crippen LogP contribution in [0.1, 0.15) is 61.8 Å². The van der Waals surface area contributed by atoms with Gasteiger partial charge in [-0.1, -0.05) is 25.1 Å². The summed E-state index contributed by atoms with van der Waals surface area (Å²) in [5.74, 6) is 1.05. The Hall–Kier alpha value is -3.23. The molecule has 9 heteroatoms. The number of esters is 1. The molecule has 3 aromatic rings. The van der Waals surface area contributed by atoms with E-state index in [-0.39, 0.29) is 28.8 Å². The molecule has 2 aromatic carbocycles. The molecule has 2 atom stereocenters. The summed E-state index contributed by atoms with van der Waals surface area (Å²) in [6.07, 6.45) is 0.922. The lowest BCUT2D eigenvalue weighted by Crippen LogP contribution is -2.50. The summed E-state index contributed by atoms with van der Waals surface area (Å²) in [5.41, 5.74) is 2.15. The number of methoxy groups -OCH3 is 1. The Balaban J connectivity index is 1.23. The normalized spacial score (nSPS) is 20.4. The fourth-order valence-corrected chi connectivity index (χ4v) is 6.75. The van der Waals surface area contributed by atoms with E-state index in [4.69, 9.17) is 9.47 Å². The minimum absolute atomic E-state index is 0.105. The van der Waals surface area contributed by atoms with E-state index in [0.29, 0.717) is 30.2 Å². The van der Waals surface area contributed by atoms with Crippen LogP contribution in [-0.4, -0.2) is 41.6 Å². The lowest BCUT2D eigenvalue weighted by atomic mass is 9.80. The quantitative estimate of drug-likeness (QED) is 0.357. The molecule has 1 saturated carbocycles. The summed E-state index contributed by atoms with van der Waals surface area (Å²) in [5, 5.41) is 3.96. The van der Waals surface area contributed by atoms with E-state index in [2.05, 4.69) is 23.3 Å². The number of aryl methyl sites for hydroxylation is 2. The summed E-state index contributed by atoms with van der Waals surface area (Å²) in [7, 11) is 2.99. The second-order valence-electron chi connectivity index (χ2n) is 11.5. The van der Waals surface area contributed by atoms with Gasteiger partial charge in [0.05, 0.1) is 23.9 Å². The molecule has 0 amide bonds. The molecular formula is C30H34F3N3O3. The smallest absolute Gasteiger partial charge is 0.435 e. The predicted molar refractivity (Wildman–Crippen MR) is 142 cm³/mol. The van der Waals surface area contributed by atoms with E-state index in [1.54, 1.807) is 25.2 Å². The average Bonchev–Trinajstić information content (AvgIpc) is 3.69. The third kappa shape index (κ3) is 4.63. The second-order valence-corrected chi connectivity index (χ2v) is 11.5. The molecule has 0 bridgehead atoms. The van der Waals surface area contributed by atoms with Crippen LogP contribution in [0.2, 0.25) is 0 Å². The van der Waals surface area contributed by atoms with Gasteiger partial charge in [-0.15, -0.1) is 0 Å². The minimum Gasteiger partial charge on any atom is -0.487 e. The van der Waals surface area contributed by atoms with Crippen LogP contribution in [0.4, 0.5) is 18.9 Å². The van der Waals surface area contributed by atoms with Gasteiger partial charge in [-0.2, -0.15) is 18.3 Å². The summed E-state index contributed by atoms with van der Waals surface area (Å²) in [6.45, 7) is 3.15. The van der Waals surface area contributed by atoms with E-state index < -0.39 is 11.9 Å². The summed E-state index contributed by atoms with van der Waals surface area (Å²) >= 11 is 0. The molecule has 6 rings (SSSR count). The lowest BCUT2D eigenvalue weighted by Gasteiger charge is -2.45. The summed E-state index contributed by atoms with van der Waals surface area (Å²) < 4.78 is 54.6. The maximum absolute atomic E-state index is 13.8. The van der Waals surface area contributed by atoms with Gasteiger partial charge in [-0.05, 0) is 66.8 Å². The summed E-state index contributed by atoms with van der Waals surface area (Å²) in [4.78, 5) is 14.4. The fraction of sp³-hybridized carbons (Fsp3) is 0.533. The molecule has 2 aliphatic heterocycles. The van der Waals surface area contributed by atoms with Crippen LogP contribution in [0, 0.1) is 11.8 Å². The Bertz CT molecular complexity index is 1400. The van der Waals surface area contributed by atoms with Gasteiger partial charge in [-0.25, -0.2) is 0 Å². The van der Waals surface area contributed by atoms with Crippen molar-refractivity contribution in [3.05, 3.63) is 53.2 Å². The largest absolute Gasteiger partial charge is 0.487 e. The van der Waals surface area contributed by atoms with Crippen LogP contribution >= 0.6 is 0 Å². The number of aromatic nitrogens is 2. The van der Waals surface area contributed by atoms with Gasteiger partial charge in [0.2, 0.25) is 0 Å². The first-order chi connectivity index (χ1) is 18.6. The molecule has 0 N–H and O–H groups in total. The first-order valence-electron chi connectivity index (χ1n) is 13.8. The van der Waals surface area contributed by atoms with E-state index in [0.717, 1.165) is 49.8 Å². The standard InChI is InChI=1S/C30H34F3N3O3/c1-18(28(37)38-3)25(20-8-9-20)21-10-7-19-11-12-29(39-24(19)17-21)13-15-36(16-14-29)23-6-4-5-22-26(23)27(30(31,32)33)34-35(22)2/h4-7,10,17-18,20,25H,8-9,11-16H2,1-3H3. The van der Waals surface area contributed by atoms with Gasteiger partial charge in [-0.3, -0.25) is 9.48 Å². The Morgan fingerprint density at radius 3 is 2.56 bits per heavy atom. The van der Waals surface area contributed by atoms with Crippen molar-refractivity contribution in [2.24, 2.45) is 18.9 Å². The van der Waals surface area contributed by atoms with Crippen LogP contribution in [0.3, 0.4) is 0 Å².